The van der Waals surface area contributed by atoms with E-state index < -0.39 is 16.1 Å². The number of nitrogens with zero attached hydrogens (tertiary/aromatic N) is 2. The van der Waals surface area contributed by atoms with Gasteiger partial charge in [0.25, 0.3) is 0 Å². The van der Waals surface area contributed by atoms with E-state index in [9.17, 15) is 18.0 Å². The molecule has 0 saturated heterocycles. The highest BCUT2D eigenvalue weighted by atomic mass is 35.5. The molecule has 0 aliphatic heterocycles. The number of hydrogen-bond donors (Lipinski definition) is 1. The molecule has 0 spiro atoms. The average Bonchev–Trinajstić information content (AvgIpc) is 2.79. The third-order valence-corrected chi connectivity index (χ3v) is 7.33. The summed E-state index contributed by atoms with van der Waals surface area (Å²) >= 11 is 5.98. The SMILES string of the molecule is CCC(C(=O)NC)N(Cc1ccc(Cl)cc1)C(=O)CCCN(c1cccc(C)c1C)S(C)(=O)=O. The highest BCUT2D eigenvalue weighted by Gasteiger charge is 2.28. The number of likely N-dealkylation sites (N-methyl/N-ethyl adjacent to an activating group) is 1. The number of amides is 2. The molecule has 2 rings (SSSR count). The van der Waals surface area contributed by atoms with Crippen molar-refractivity contribution >= 4 is 39.1 Å². The summed E-state index contributed by atoms with van der Waals surface area (Å²) in [5.74, 6) is -0.447. The smallest absolute Gasteiger partial charge is 0.242 e. The van der Waals surface area contributed by atoms with Crippen LogP contribution in [-0.2, 0) is 26.2 Å². The van der Waals surface area contributed by atoms with Crippen LogP contribution < -0.4 is 9.62 Å². The molecule has 186 valence electrons. The summed E-state index contributed by atoms with van der Waals surface area (Å²) in [6, 6.07) is 12.0. The van der Waals surface area contributed by atoms with Crippen molar-refractivity contribution < 1.29 is 18.0 Å². The van der Waals surface area contributed by atoms with Crippen molar-refractivity contribution in [2.45, 2.75) is 52.6 Å². The fourth-order valence-corrected chi connectivity index (χ4v) is 5.00. The van der Waals surface area contributed by atoms with E-state index in [0.29, 0.717) is 23.6 Å². The van der Waals surface area contributed by atoms with E-state index in [1.807, 2.05) is 45.0 Å². The first-order valence-corrected chi connectivity index (χ1v) is 13.5. The molecule has 0 aliphatic rings. The zero-order valence-electron chi connectivity index (χ0n) is 20.5. The lowest BCUT2D eigenvalue weighted by molar-refractivity contribution is -0.141. The number of carbonyl (C=O) groups excluding carboxylic acids is 2. The lowest BCUT2D eigenvalue weighted by Gasteiger charge is -2.31. The number of anilines is 1. The molecule has 0 fully saturated rings. The van der Waals surface area contributed by atoms with Crippen LogP contribution in [0.2, 0.25) is 5.02 Å². The summed E-state index contributed by atoms with van der Waals surface area (Å²) in [5, 5.41) is 3.22. The molecule has 1 atom stereocenters. The van der Waals surface area contributed by atoms with Gasteiger partial charge in [0.15, 0.2) is 0 Å². The van der Waals surface area contributed by atoms with E-state index in [2.05, 4.69) is 5.32 Å². The predicted molar refractivity (Wildman–Crippen MR) is 137 cm³/mol. The second kappa shape index (κ2) is 12.2. The molecule has 1 unspecified atom stereocenters. The van der Waals surface area contributed by atoms with E-state index in [1.54, 1.807) is 30.1 Å². The first kappa shape index (κ1) is 27.7. The fourth-order valence-electron chi connectivity index (χ4n) is 3.86. The van der Waals surface area contributed by atoms with Crippen molar-refractivity contribution in [3.63, 3.8) is 0 Å². The van der Waals surface area contributed by atoms with Crippen LogP contribution in [0.25, 0.3) is 0 Å². The second-order valence-electron chi connectivity index (χ2n) is 8.34. The van der Waals surface area contributed by atoms with E-state index >= 15 is 0 Å². The molecule has 0 heterocycles. The molecule has 34 heavy (non-hydrogen) atoms. The van der Waals surface area contributed by atoms with Crippen LogP contribution in [0.5, 0.6) is 0 Å². The van der Waals surface area contributed by atoms with Gasteiger partial charge in [0.2, 0.25) is 21.8 Å². The Hall–Kier alpha value is -2.58. The average molecular weight is 508 g/mol. The summed E-state index contributed by atoms with van der Waals surface area (Å²) in [7, 11) is -1.99. The van der Waals surface area contributed by atoms with Gasteiger partial charge < -0.3 is 10.2 Å². The number of benzene rings is 2. The molecule has 2 aromatic carbocycles. The molecular formula is C25H34ClN3O4S. The van der Waals surface area contributed by atoms with Gasteiger partial charge in [-0.15, -0.1) is 0 Å². The van der Waals surface area contributed by atoms with Crippen LogP contribution in [0.1, 0.15) is 42.9 Å². The predicted octanol–water partition coefficient (Wildman–Crippen LogP) is 4.06. The highest BCUT2D eigenvalue weighted by Crippen LogP contribution is 2.25. The van der Waals surface area contributed by atoms with Crippen LogP contribution in [-0.4, -0.2) is 51.0 Å². The van der Waals surface area contributed by atoms with Gasteiger partial charge in [0.1, 0.15) is 6.04 Å². The molecule has 0 aromatic heterocycles. The number of rotatable bonds is 11. The van der Waals surface area contributed by atoms with Crippen LogP contribution in [0.3, 0.4) is 0 Å². The van der Waals surface area contributed by atoms with E-state index in [0.717, 1.165) is 16.7 Å². The lowest BCUT2D eigenvalue weighted by atomic mass is 10.1. The number of nitrogens with one attached hydrogen (secondary N) is 1. The lowest BCUT2D eigenvalue weighted by Crippen LogP contribution is -2.48. The van der Waals surface area contributed by atoms with Crippen molar-refractivity contribution in [2.24, 2.45) is 0 Å². The maximum Gasteiger partial charge on any atom is 0.242 e. The minimum atomic E-state index is -3.53. The van der Waals surface area contributed by atoms with Crippen LogP contribution in [0.15, 0.2) is 42.5 Å². The van der Waals surface area contributed by atoms with Crippen LogP contribution in [0.4, 0.5) is 5.69 Å². The van der Waals surface area contributed by atoms with Crippen molar-refractivity contribution in [1.29, 1.82) is 0 Å². The number of carbonyl (C=O) groups is 2. The van der Waals surface area contributed by atoms with Crippen molar-refractivity contribution in [2.75, 3.05) is 24.2 Å². The largest absolute Gasteiger partial charge is 0.357 e. The number of aryl methyl sites for hydroxylation is 1. The van der Waals surface area contributed by atoms with Gasteiger partial charge in [-0.05, 0) is 61.6 Å². The van der Waals surface area contributed by atoms with Crippen molar-refractivity contribution in [3.05, 3.63) is 64.2 Å². The van der Waals surface area contributed by atoms with Crippen molar-refractivity contribution in [3.8, 4) is 0 Å². The number of sulfonamides is 1. The van der Waals surface area contributed by atoms with Gasteiger partial charge in [-0.1, -0.05) is 42.8 Å². The molecule has 0 radical (unpaired) electrons. The molecular weight excluding hydrogens is 474 g/mol. The maximum absolute atomic E-state index is 13.3. The molecule has 9 heteroatoms. The zero-order chi connectivity index (χ0) is 25.5. The van der Waals surface area contributed by atoms with Gasteiger partial charge in [0, 0.05) is 31.6 Å². The number of halogens is 1. The monoisotopic (exact) mass is 507 g/mol. The highest BCUT2D eigenvalue weighted by molar-refractivity contribution is 7.92. The minimum absolute atomic E-state index is 0.109. The fraction of sp³-hybridized carbons (Fsp3) is 0.440. The zero-order valence-corrected chi connectivity index (χ0v) is 22.0. The molecule has 0 aliphatic carbocycles. The normalized spacial score (nSPS) is 12.2. The molecule has 0 saturated carbocycles. The summed E-state index contributed by atoms with van der Waals surface area (Å²) < 4.78 is 26.4. The van der Waals surface area contributed by atoms with Gasteiger partial charge in [-0.3, -0.25) is 13.9 Å². The summed E-state index contributed by atoms with van der Waals surface area (Å²) in [6.07, 6.45) is 2.05. The Kier molecular flexibility index (Phi) is 9.94. The summed E-state index contributed by atoms with van der Waals surface area (Å²) in [4.78, 5) is 27.3. The Morgan fingerprint density at radius 3 is 2.29 bits per heavy atom. The Bertz CT molecular complexity index is 1100. The standard InChI is InChI=1S/C25H34ClN3O4S/c1-6-22(25(31)27-4)28(17-20-12-14-21(26)15-13-20)24(30)11-8-16-29(34(5,32)33)23-10-7-9-18(2)19(23)3/h7,9-10,12-15,22H,6,8,11,16-17H2,1-5H3,(H,27,31). The van der Waals surface area contributed by atoms with Gasteiger partial charge >= 0.3 is 0 Å². The minimum Gasteiger partial charge on any atom is -0.357 e. The van der Waals surface area contributed by atoms with Crippen LogP contribution in [0, 0.1) is 13.8 Å². The van der Waals surface area contributed by atoms with Gasteiger partial charge in [0.05, 0.1) is 11.9 Å². The van der Waals surface area contributed by atoms with Gasteiger partial charge in [-0.25, -0.2) is 8.42 Å². The first-order valence-electron chi connectivity index (χ1n) is 11.3. The Balaban J connectivity index is 2.21. The summed E-state index contributed by atoms with van der Waals surface area (Å²) in [5.41, 5.74) is 3.35. The topological polar surface area (TPSA) is 86.8 Å². The Morgan fingerprint density at radius 1 is 1.09 bits per heavy atom. The number of hydrogen-bond acceptors (Lipinski definition) is 4. The molecule has 7 nitrogen and oxygen atoms in total. The Morgan fingerprint density at radius 2 is 1.74 bits per heavy atom. The summed E-state index contributed by atoms with van der Waals surface area (Å²) in [6.45, 7) is 6.10. The van der Waals surface area contributed by atoms with Gasteiger partial charge in [-0.2, -0.15) is 0 Å². The quantitative estimate of drug-likeness (QED) is 0.497. The second-order valence-corrected chi connectivity index (χ2v) is 10.7. The van der Waals surface area contributed by atoms with Crippen molar-refractivity contribution in [1.82, 2.24) is 10.2 Å². The molecule has 0 bridgehead atoms. The van der Waals surface area contributed by atoms with E-state index in [1.165, 1.54) is 10.6 Å². The molecule has 1 N–H and O–H groups in total. The van der Waals surface area contributed by atoms with Crippen LogP contribution >= 0.6 is 11.6 Å². The maximum atomic E-state index is 13.3. The van der Waals surface area contributed by atoms with E-state index in [4.69, 9.17) is 11.6 Å². The molecule has 2 amide bonds. The molecule has 2 aromatic rings. The van der Waals surface area contributed by atoms with E-state index in [-0.39, 0.29) is 31.3 Å². The third kappa shape index (κ3) is 7.21. The first-order chi connectivity index (χ1) is 16.0. The third-order valence-electron chi connectivity index (χ3n) is 5.90. The Labute approximate surface area is 208 Å².